The molecule has 1 N–H and O–H groups in total. The summed E-state index contributed by atoms with van der Waals surface area (Å²) in [6.45, 7) is 10.8. The van der Waals surface area contributed by atoms with Crippen LogP contribution >= 0.6 is 0 Å². The number of aryl methyl sites for hydroxylation is 1. The summed E-state index contributed by atoms with van der Waals surface area (Å²) < 4.78 is 0. The van der Waals surface area contributed by atoms with E-state index in [-0.39, 0.29) is 5.41 Å². The van der Waals surface area contributed by atoms with Gasteiger partial charge in [-0.05, 0) is 42.7 Å². The molecule has 1 aromatic carbocycles. The Balaban J connectivity index is 2.80. The predicted octanol–water partition coefficient (Wildman–Crippen LogP) is 4.67. The van der Waals surface area contributed by atoms with Gasteiger partial charge < -0.3 is 5.11 Å². The molecule has 1 nitrogen and oxygen atoms in total. The van der Waals surface area contributed by atoms with Gasteiger partial charge in [0.2, 0.25) is 0 Å². The van der Waals surface area contributed by atoms with Crippen LogP contribution in [0.5, 0.6) is 0 Å². The van der Waals surface area contributed by atoms with Gasteiger partial charge in [0.15, 0.2) is 0 Å². The van der Waals surface area contributed by atoms with Gasteiger partial charge in [0, 0.05) is 0 Å². The lowest BCUT2D eigenvalue weighted by Gasteiger charge is -2.28. The highest BCUT2D eigenvalue weighted by Crippen LogP contribution is 2.32. The molecule has 0 aromatic heterocycles. The van der Waals surface area contributed by atoms with Crippen LogP contribution < -0.4 is 0 Å². The van der Waals surface area contributed by atoms with Gasteiger partial charge >= 0.3 is 0 Å². The zero-order valence-corrected chi connectivity index (χ0v) is 12.6. The Labute approximate surface area is 112 Å². The molecule has 1 atom stereocenters. The Hall–Kier alpha value is -0.820. The minimum atomic E-state index is -0.711. The summed E-state index contributed by atoms with van der Waals surface area (Å²) >= 11 is 0. The molecule has 1 aromatic rings. The molecule has 1 unspecified atom stereocenters. The second kappa shape index (κ2) is 5.88. The lowest BCUT2D eigenvalue weighted by atomic mass is 9.82. The lowest BCUT2D eigenvalue weighted by molar-refractivity contribution is 0.0357. The van der Waals surface area contributed by atoms with E-state index in [0.717, 1.165) is 31.2 Å². The maximum atomic E-state index is 10.6. The largest absolute Gasteiger partial charge is 0.385 e. The van der Waals surface area contributed by atoms with Gasteiger partial charge in [-0.25, -0.2) is 0 Å². The van der Waals surface area contributed by atoms with Crippen LogP contribution in [-0.2, 0) is 12.0 Å². The number of aliphatic hydroxyl groups is 1. The van der Waals surface area contributed by atoms with Crippen LogP contribution in [0.1, 0.15) is 65.0 Å². The van der Waals surface area contributed by atoms with Crippen molar-refractivity contribution in [3.63, 3.8) is 0 Å². The third-order valence-electron chi connectivity index (χ3n) is 3.45. The molecule has 0 fully saturated rings. The average Bonchev–Trinajstić information content (AvgIpc) is 2.27. The quantitative estimate of drug-likeness (QED) is 0.802. The van der Waals surface area contributed by atoms with Crippen LogP contribution in [-0.4, -0.2) is 5.11 Å². The molecule has 102 valence electrons. The van der Waals surface area contributed by atoms with Crippen LogP contribution in [0, 0.1) is 5.41 Å². The fraction of sp³-hybridized carbons (Fsp3) is 0.647. The van der Waals surface area contributed by atoms with E-state index in [1.165, 1.54) is 5.56 Å². The topological polar surface area (TPSA) is 20.2 Å². The number of hydrogen-bond donors (Lipinski definition) is 1. The Morgan fingerprint density at radius 3 is 2.28 bits per heavy atom. The lowest BCUT2D eigenvalue weighted by Crippen LogP contribution is -2.23. The van der Waals surface area contributed by atoms with Gasteiger partial charge in [0.1, 0.15) is 0 Å². The number of rotatable bonds is 5. The van der Waals surface area contributed by atoms with E-state index in [9.17, 15) is 5.11 Å². The highest BCUT2D eigenvalue weighted by molar-refractivity contribution is 5.28. The monoisotopic (exact) mass is 248 g/mol. The summed E-state index contributed by atoms with van der Waals surface area (Å²) in [6.07, 6.45) is 4.07. The first-order valence-electron chi connectivity index (χ1n) is 7.06. The third kappa shape index (κ3) is 4.81. The van der Waals surface area contributed by atoms with E-state index >= 15 is 0 Å². The van der Waals surface area contributed by atoms with Gasteiger partial charge in [0.25, 0.3) is 0 Å². The van der Waals surface area contributed by atoms with Crippen molar-refractivity contribution in [3.05, 3.63) is 35.4 Å². The second-order valence-electron chi connectivity index (χ2n) is 6.78. The van der Waals surface area contributed by atoms with Crippen LogP contribution in [0.2, 0.25) is 0 Å². The van der Waals surface area contributed by atoms with Crippen molar-refractivity contribution in [3.8, 4) is 0 Å². The Morgan fingerprint density at radius 1 is 1.06 bits per heavy atom. The van der Waals surface area contributed by atoms with Crippen molar-refractivity contribution < 1.29 is 5.11 Å². The normalized spacial score (nSPS) is 15.4. The molecule has 0 radical (unpaired) electrons. The molecule has 0 aliphatic carbocycles. The molecule has 18 heavy (non-hydrogen) atoms. The number of benzene rings is 1. The molecular weight excluding hydrogens is 220 g/mol. The molecule has 0 spiro atoms. The summed E-state index contributed by atoms with van der Waals surface area (Å²) in [5, 5.41) is 10.6. The van der Waals surface area contributed by atoms with Crippen LogP contribution in [0.25, 0.3) is 0 Å². The third-order valence-corrected chi connectivity index (χ3v) is 3.45. The van der Waals surface area contributed by atoms with Gasteiger partial charge in [-0.15, -0.1) is 0 Å². The standard InChI is InChI=1S/C17H28O/c1-6-8-14-9-7-10-15(13-14)17(5,18)12-11-16(2,3)4/h7,9-10,13,18H,6,8,11-12H2,1-5H3. The average molecular weight is 248 g/mol. The summed E-state index contributed by atoms with van der Waals surface area (Å²) in [5.74, 6) is 0. The second-order valence-corrected chi connectivity index (χ2v) is 6.78. The molecule has 0 saturated heterocycles. The van der Waals surface area contributed by atoms with Crippen molar-refractivity contribution in [2.45, 2.75) is 65.9 Å². The first-order valence-corrected chi connectivity index (χ1v) is 7.06. The van der Waals surface area contributed by atoms with E-state index < -0.39 is 5.60 Å². The molecular formula is C17H28O. The van der Waals surface area contributed by atoms with Gasteiger partial charge in [-0.2, -0.15) is 0 Å². The SMILES string of the molecule is CCCc1cccc(C(C)(O)CCC(C)(C)C)c1. The highest BCUT2D eigenvalue weighted by Gasteiger charge is 2.25. The Kier molecular flexibility index (Phi) is 4.98. The summed E-state index contributed by atoms with van der Waals surface area (Å²) in [4.78, 5) is 0. The van der Waals surface area contributed by atoms with Crippen molar-refractivity contribution in [1.82, 2.24) is 0 Å². The van der Waals surface area contributed by atoms with Crippen LogP contribution in [0.15, 0.2) is 24.3 Å². The maximum absolute atomic E-state index is 10.6. The molecule has 0 amide bonds. The first-order chi connectivity index (χ1) is 8.24. The van der Waals surface area contributed by atoms with Crippen molar-refractivity contribution in [2.75, 3.05) is 0 Å². The minimum absolute atomic E-state index is 0.269. The number of hydrogen-bond acceptors (Lipinski definition) is 1. The van der Waals surface area contributed by atoms with Gasteiger partial charge in [-0.1, -0.05) is 58.4 Å². The highest BCUT2D eigenvalue weighted by atomic mass is 16.3. The smallest absolute Gasteiger partial charge is 0.0868 e. The fourth-order valence-corrected chi connectivity index (χ4v) is 2.11. The van der Waals surface area contributed by atoms with Crippen LogP contribution in [0.4, 0.5) is 0 Å². The molecule has 1 rings (SSSR count). The molecule has 0 heterocycles. The van der Waals surface area contributed by atoms with Crippen molar-refractivity contribution in [2.24, 2.45) is 5.41 Å². The van der Waals surface area contributed by atoms with Gasteiger partial charge in [-0.3, -0.25) is 0 Å². The molecule has 0 aliphatic rings. The maximum Gasteiger partial charge on any atom is 0.0868 e. The minimum Gasteiger partial charge on any atom is -0.385 e. The summed E-state index contributed by atoms with van der Waals surface area (Å²) in [7, 11) is 0. The summed E-state index contributed by atoms with van der Waals surface area (Å²) in [5.41, 5.74) is 1.94. The molecule has 0 aliphatic heterocycles. The molecule has 0 saturated carbocycles. The van der Waals surface area contributed by atoms with Gasteiger partial charge in [0.05, 0.1) is 5.60 Å². The van der Waals surface area contributed by atoms with E-state index in [4.69, 9.17) is 0 Å². The van der Waals surface area contributed by atoms with Crippen molar-refractivity contribution >= 4 is 0 Å². The predicted molar refractivity (Wildman–Crippen MR) is 78.7 cm³/mol. The first kappa shape index (κ1) is 15.2. The molecule has 1 heteroatoms. The van der Waals surface area contributed by atoms with E-state index in [1.807, 2.05) is 13.0 Å². The Bertz CT molecular complexity index is 371. The van der Waals surface area contributed by atoms with E-state index in [0.29, 0.717) is 0 Å². The van der Waals surface area contributed by atoms with Crippen molar-refractivity contribution in [1.29, 1.82) is 0 Å². The van der Waals surface area contributed by atoms with E-state index in [2.05, 4.69) is 45.9 Å². The Morgan fingerprint density at radius 2 is 1.72 bits per heavy atom. The zero-order chi connectivity index (χ0) is 13.8. The van der Waals surface area contributed by atoms with Crippen LogP contribution in [0.3, 0.4) is 0 Å². The zero-order valence-electron chi connectivity index (χ0n) is 12.6. The summed E-state index contributed by atoms with van der Waals surface area (Å²) in [6, 6.07) is 8.41. The molecule has 0 bridgehead atoms. The fourth-order valence-electron chi connectivity index (χ4n) is 2.11. The van der Waals surface area contributed by atoms with E-state index in [1.54, 1.807) is 0 Å².